The third-order valence-corrected chi connectivity index (χ3v) is 2.24. The highest BCUT2D eigenvalue weighted by atomic mass is 16.2. The summed E-state index contributed by atoms with van der Waals surface area (Å²) in [7, 11) is 1.82. The van der Waals surface area contributed by atoms with Crippen molar-refractivity contribution in [1.82, 2.24) is 10.2 Å². The monoisotopic (exact) mass is 200 g/mol. The third-order valence-electron chi connectivity index (χ3n) is 2.24. The van der Waals surface area contributed by atoms with Crippen molar-refractivity contribution in [2.45, 2.75) is 39.5 Å². The minimum Gasteiger partial charge on any atom is -0.342 e. The summed E-state index contributed by atoms with van der Waals surface area (Å²) in [6.07, 6.45) is 4.52. The van der Waals surface area contributed by atoms with Crippen molar-refractivity contribution < 1.29 is 4.79 Å². The van der Waals surface area contributed by atoms with E-state index in [1.165, 1.54) is 0 Å². The number of carbonyl (C=O) groups excluding carboxylic acids is 1. The number of unbranched alkanes of at least 4 members (excludes halogenated alkanes) is 2. The molecule has 0 saturated carbocycles. The molecule has 3 heteroatoms. The zero-order valence-corrected chi connectivity index (χ0v) is 9.81. The van der Waals surface area contributed by atoms with Crippen molar-refractivity contribution in [3.05, 3.63) is 0 Å². The normalized spacial score (nSPS) is 10.2. The number of hydrogen-bond donors (Lipinski definition) is 1. The fourth-order valence-electron chi connectivity index (χ4n) is 1.32. The van der Waals surface area contributed by atoms with Crippen LogP contribution in [0.1, 0.15) is 39.5 Å². The molecule has 0 heterocycles. The van der Waals surface area contributed by atoms with E-state index in [1.807, 2.05) is 11.9 Å². The van der Waals surface area contributed by atoms with Crippen LogP contribution in [0.2, 0.25) is 0 Å². The smallest absolute Gasteiger partial charge is 0.236 e. The van der Waals surface area contributed by atoms with Crippen LogP contribution in [0.25, 0.3) is 0 Å². The molecule has 3 nitrogen and oxygen atoms in total. The highest BCUT2D eigenvalue weighted by Crippen LogP contribution is 1.99. The average Bonchev–Trinajstić information content (AvgIpc) is 2.18. The molecule has 0 fully saturated rings. The summed E-state index contributed by atoms with van der Waals surface area (Å²) in [5.74, 6) is 0.231. The maximum Gasteiger partial charge on any atom is 0.236 e. The highest BCUT2D eigenvalue weighted by molar-refractivity contribution is 5.78. The summed E-state index contributed by atoms with van der Waals surface area (Å²) in [4.78, 5) is 13.6. The Morgan fingerprint density at radius 3 is 2.00 bits per heavy atom. The molecule has 0 aliphatic heterocycles. The molecular formula is C11H24N2O. The molecule has 1 amide bonds. The van der Waals surface area contributed by atoms with Gasteiger partial charge >= 0.3 is 0 Å². The van der Waals surface area contributed by atoms with Crippen LogP contribution in [-0.4, -0.2) is 37.5 Å². The molecule has 0 spiro atoms. The Morgan fingerprint density at radius 2 is 1.64 bits per heavy atom. The number of amides is 1. The Hall–Kier alpha value is -0.570. The fraction of sp³-hybridized carbons (Fsp3) is 0.909. The van der Waals surface area contributed by atoms with Crippen LogP contribution in [0, 0.1) is 0 Å². The molecule has 84 valence electrons. The summed E-state index contributed by atoms with van der Waals surface area (Å²) < 4.78 is 0. The van der Waals surface area contributed by atoms with Gasteiger partial charge in [-0.25, -0.2) is 0 Å². The van der Waals surface area contributed by atoms with Gasteiger partial charge in [-0.3, -0.25) is 4.79 Å². The molecule has 0 bridgehead atoms. The Bertz CT molecular complexity index is 140. The van der Waals surface area contributed by atoms with Gasteiger partial charge in [-0.2, -0.15) is 0 Å². The van der Waals surface area contributed by atoms with E-state index in [9.17, 15) is 4.79 Å². The van der Waals surface area contributed by atoms with Gasteiger partial charge < -0.3 is 10.2 Å². The standard InChI is InChI=1S/C11H24N2O/c1-4-6-8-13(9-7-5-2)11(14)10-12-3/h12H,4-10H2,1-3H3. The first-order chi connectivity index (χ1) is 6.76. The molecule has 0 atom stereocenters. The van der Waals surface area contributed by atoms with Gasteiger partial charge in [0.2, 0.25) is 5.91 Å². The minimum atomic E-state index is 0.231. The van der Waals surface area contributed by atoms with Crippen molar-refractivity contribution in [2.75, 3.05) is 26.7 Å². The maximum absolute atomic E-state index is 11.6. The molecule has 0 rings (SSSR count). The van der Waals surface area contributed by atoms with E-state index in [4.69, 9.17) is 0 Å². The first-order valence-corrected chi connectivity index (χ1v) is 5.68. The van der Waals surface area contributed by atoms with Gasteiger partial charge in [-0.05, 0) is 19.9 Å². The maximum atomic E-state index is 11.6. The Balaban J connectivity index is 3.88. The second-order valence-corrected chi connectivity index (χ2v) is 3.62. The summed E-state index contributed by atoms with van der Waals surface area (Å²) in [5, 5.41) is 2.91. The fourth-order valence-corrected chi connectivity index (χ4v) is 1.32. The Morgan fingerprint density at radius 1 is 1.14 bits per heavy atom. The molecule has 0 aliphatic carbocycles. The lowest BCUT2D eigenvalue weighted by atomic mass is 10.2. The van der Waals surface area contributed by atoms with Crippen LogP contribution in [0.4, 0.5) is 0 Å². The van der Waals surface area contributed by atoms with Crippen molar-refractivity contribution >= 4 is 5.91 Å². The van der Waals surface area contributed by atoms with E-state index in [0.717, 1.165) is 38.8 Å². The van der Waals surface area contributed by atoms with Gasteiger partial charge in [0.25, 0.3) is 0 Å². The summed E-state index contributed by atoms with van der Waals surface area (Å²) in [6.45, 7) is 6.60. The third kappa shape index (κ3) is 5.97. The number of nitrogens with one attached hydrogen (secondary N) is 1. The molecule has 0 aromatic heterocycles. The molecule has 1 N–H and O–H groups in total. The molecular weight excluding hydrogens is 176 g/mol. The molecule has 0 unspecified atom stereocenters. The number of carbonyl (C=O) groups is 1. The molecule has 0 aromatic carbocycles. The Kier molecular flexibility index (Phi) is 8.64. The zero-order chi connectivity index (χ0) is 10.8. The molecule has 0 aromatic rings. The predicted molar refractivity (Wildman–Crippen MR) is 60.3 cm³/mol. The molecule has 0 radical (unpaired) electrons. The van der Waals surface area contributed by atoms with Crippen LogP contribution in [0.15, 0.2) is 0 Å². The van der Waals surface area contributed by atoms with Gasteiger partial charge in [0, 0.05) is 13.1 Å². The van der Waals surface area contributed by atoms with E-state index in [0.29, 0.717) is 6.54 Å². The summed E-state index contributed by atoms with van der Waals surface area (Å²) >= 11 is 0. The van der Waals surface area contributed by atoms with E-state index < -0.39 is 0 Å². The zero-order valence-electron chi connectivity index (χ0n) is 9.81. The van der Waals surface area contributed by atoms with Gasteiger partial charge in [0.1, 0.15) is 0 Å². The van der Waals surface area contributed by atoms with Gasteiger partial charge in [0.15, 0.2) is 0 Å². The first-order valence-electron chi connectivity index (χ1n) is 5.68. The number of hydrogen-bond acceptors (Lipinski definition) is 2. The largest absolute Gasteiger partial charge is 0.342 e. The SMILES string of the molecule is CCCCN(CCCC)C(=O)CNC. The molecule has 0 aliphatic rings. The average molecular weight is 200 g/mol. The molecule has 0 saturated heterocycles. The van der Waals surface area contributed by atoms with Gasteiger partial charge in [0.05, 0.1) is 6.54 Å². The van der Waals surface area contributed by atoms with E-state index in [-0.39, 0.29) is 5.91 Å². The predicted octanol–water partition coefficient (Wildman–Crippen LogP) is 1.63. The first kappa shape index (κ1) is 13.4. The second-order valence-electron chi connectivity index (χ2n) is 3.62. The lowest BCUT2D eigenvalue weighted by molar-refractivity contribution is -0.130. The Labute approximate surface area is 87.9 Å². The van der Waals surface area contributed by atoms with Crippen molar-refractivity contribution in [3.63, 3.8) is 0 Å². The topological polar surface area (TPSA) is 32.3 Å². The summed E-state index contributed by atoms with van der Waals surface area (Å²) in [6, 6.07) is 0. The van der Waals surface area contributed by atoms with Crippen LogP contribution >= 0.6 is 0 Å². The quantitative estimate of drug-likeness (QED) is 0.646. The second kappa shape index (κ2) is 9.00. The molecule has 14 heavy (non-hydrogen) atoms. The minimum absolute atomic E-state index is 0.231. The van der Waals surface area contributed by atoms with E-state index in [1.54, 1.807) is 0 Å². The van der Waals surface area contributed by atoms with E-state index in [2.05, 4.69) is 19.2 Å². The lowest BCUT2D eigenvalue weighted by Crippen LogP contribution is -2.38. The van der Waals surface area contributed by atoms with Crippen LogP contribution in [0.5, 0.6) is 0 Å². The van der Waals surface area contributed by atoms with Crippen LogP contribution in [0.3, 0.4) is 0 Å². The number of nitrogens with zero attached hydrogens (tertiary/aromatic N) is 1. The lowest BCUT2D eigenvalue weighted by Gasteiger charge is -2.22. The van der Waals surface area contributed by atoms with Gasteiger partial charge in [-0.15, -0.1) is 0 Å². The van der Waals surface area contributed by atoms with E-state index >= 15 is 0 Å². The van der Waals surface area contributed by atoms with Crippen LogP contribution in [-0.2, 0) is 4.79 Å². The van der Waals surface area contributed by atoms with Crippen molar-refractivity contribution in [1.29, 1.82) is 0 Å². The van der Waals surface area contributed by atoms with Gasteiger partial charge in [-0.1, -0.05) is 26.7 Å². The highest BCUT2D eigenvalue weighted by Gasteiger charge is 2.10. The van der Waals surface area contributed by atoms with Crippen molar-refractivity contribution in [3.8, 4) is 0 Å². The van der Waals surface area contributed by atoms with Crippen LogP contribution < -0.4 is 5.32 Å². The number of likely N-dealkylation sites (N-methyl/N-ethyl adjacent to an activating group) is 1. The van der Waals surface area contributed by atoms with Crippen molar-refractivity contribution in [2.24, 2.45) is 0 Å². The number of rotatable bonds is 8. The summed E-state index contributed by atoms with van der Waals surface area (Å²) in [5.41, 5.74) is 0.